The molecule has 6 nitrogen and oxygen atoms in total. The predicted molar refractivity (Wildman–Crippen MR) is 149 cm³/mol. The molecule has 3 aromatic rings. The molecule has 0 saturated carbocycles. The van der Waals surface area contributed by atoms with Crippen molar-refractivity contribution in [1.82, 2.24) is 9.97 Å². The van der Waals surface area contributed by atoms with Gasteiger partial charge >= 0.3 is 0 Å². The molecule has 0 bridgehead atoms. The van der Waals surface area contributed by atoms with Gasteiger partial charge in [0.15, 0.2) is 5.82 Å². The molecule has 1 aromatic heterocycles. The Morgan fingerprint density at radius 2 is 1.60 bits per heavy atom. The summed E-state index contributed by atoms with van der Waals surface area (Å²) in [7, 11) is 0. The Balaban J connectivity index is 1.62. The van der Waals surface area contributed by atoms with E-state index in [1.165, 1.54) is 11.3 Å². The van der Waals surface area contributed by atoms with Gasteiger partial charge in [0, 0.05) is 38.3 Å². The highest BCUT2D eigenvalue weighted by molar-refractivity contribution is 7.80. The van der Waals surface area contributed by atoms with E-state index in [4.69, 9.17) is 0 Å². The average Bonchev–Trinajstić information content (AvgIpc) is 2.87. The van der Waals surface area contributed by atoms with E-state index in [9.17, 15) is 4.79 Å². The Morgan fingerprint density at radius 3 is 2.26 bits per heavy atom. The molecule has 0 atom stereocenters. The van der Waals surface area contributed by atoms with Crippen molar-refractivity contribution in [2.45, 2.75) is 58.0 Å². The van der Waals surface area contributed by atoms with Crippen LogP contribution in [0, 0.1) is 6.92 Å². The minimum absolute atomic E-state index is 0.0356. The molecule has 0 saturated heterocycles. The Kier molecular flexibility index (Phi) is 10.4. The van der Waals surface area contributed by atoms with Gasteiger partial charge in [0.1, 0.15) is 16.5 Å². The third-order valence-corrected chi connectivity index (χ3v) is 6.16. The Hall–Kier alpha value is -3.06. The molecule has 1 amide bonds. The zero-order chi connectivity index (χ0) is 25.0. The number of hydrogen-bond acceptors (Lipinski definition) is 6. The van der Waals surface area contributed by atoms with Crippen molar-refractivity contribution >= 4 is 35.7 Å². The predicted octanol–water partition coefficient (Wildman–Crippen LogP) is 6.13. The summed E-state index contributed by atoms with van der Waals surface area (Å²) >= 11 is 4.57. The molecular formula is C28H37N5OS. The number of hydrogen-bond donors (Lipinski definition) is 2. The number of aryl methyl sites for hydroxylation is 1. The maximum Gasteiger partial charge on any atom is 0.224 e. The normalized spacial score (nSPS) is 10.7. The molecule has 0 fully saturated rings. The minimum Gasteiger partial charge on any atom is -0.372 e. The summed E-state index contributed by atoms with van der Waals surface area (Å²) in [6, 6.07) is 20.7. The first-order valence-electron chi connectivity index (χ1n) is 12.5. The fourth-order valence-electron chi connectivity index (χ4n) is 4.09. The first-order valence-corrected chi connectivity index (χ1v) is 12.9. The van der Waals surface area contributed by atoms with Crippen LogP contribution in [0.25, 0.3) is 0 Å². The molecule has 0 aliphatic carbocycles. The molecular weight excluding hydrogens is 454 g/mol. The van der Waals surface area contributed by atoms with Crippen LogP contribution in [0.4, 0.5) is 17.2 Å². The number of nitrogens with one attached hydrogen (secondary N) is 1. The standard InChI is InChI=1S/C28H37N5OS/c1-4-19-33(24-16-10-7-11-17-24)20-13-12-18-25(34)31-26-27(29-22(3)30-28(26)35)32(5-2)21-23-14-8-6-9-15-23/h6-11,14-17H,4-5,12-13,18-21H2,1-3H3,(H,31,34)(H,29,30,35). The van der Waals surface area contributed by atoms with Gasteiger partial charge in [-0.05, 0) is 50.8 Å². The lowest BCUT2D eigenvalue weighted by Crippen LogP contribution is -2.27. The van der Waals surface area contributed by atoms with E-state index >= 15 is 0 Å². The first-order chi connectivity index (χ1) is 17.0. The van der Waals surface area contributed by atoms with E-state index in [0.29, 0.717) is 35.3 Å². The maximum absolute atomic E-state index is 12.9. The summed E-state index contributed by atoms with van der Waals surface area (Å²) in [6.07, 6.45) is 3.29. The SMILES string of the molecule is CCCN(CCCCC(=O)Nc1c(S)nc(C)nc1N(CC)Cc1ccccc1)c1ccccc1. The summed E-state index contributed by atoms with van der Waals surface area (Å²) in [5.41, 5.74) is 3.00. The summed E-state index contributed by atoms with van der Waals surface area (Å²) in [6.45, 7) is 9.50. The van der Waals surface area contributed by atoms with Crippen molar-refractivity contribution in [2.24, 2.45) is 0 Å². The molecule has 1 heterocycles. The van der Waals surface area contributed by atoms with E-state index in [0.717, 1.165) is 38.9 Å². The number of carbonyl (C=O) groups is 1. The van der Waals surface area contributed by atoms with Crippen LogP contribution in [0.5, 0.6) is 0 Å². The Labute approximate surface area is 215 Å². The number of aromatic nitrogens is 2. The molecule has 186 valence electrons. The van der Waals surface area contributed by atoms with E-state index in [2.05, 4.69) is 88.0 Å². The van der Waals surface area contributed by atoms with Crippen LogP contribution in [0.2, 0.25) is 0 Å². The molecule has 2 aromatic carbocycles. The van der Waals surface area contributed by atoms with Gasteiger partial charge < -0.3 is 15.1 Å². The van der Waals surface area contributed by atoms with Crippen LogP contribution in [0.3, 0.4) is 0 Å². The van der Waals surface area contributed by atoms with Gasteiger partial charge in [-0.1, -0.05) is 55.5 Å². The van der Waals surface area contributed by atoms with Crippen LogP contribution in [-0.4, -0.2) is 35.5 Å². The van der Waals surface area contributed by atoms with E-state index in [-0.39, 0.29) is 5.91 Å². The monoisotopic (exact) mass is 491 g/mol. The van der Waals surface area contributed by atoms with Crippen LogP contribution >= 0.6 is 12.6 Å². The van der Waals surface area contributed by atoms with Crippen molar-refractivity contribution in [2.75, 3.05) is 34.8 Å². The van der Waals surface area contributed by atoms with E-state index in [1.807, 2.05) is 31.2 Å². The van der Waals surface area contributed by atoms with E-state index in [1.54, 1.807) is 0 Å². The van der Waals surface area contributed by atoms with Crippen molar-refractivity contribution in [3.8, 4) is 0 Å². The van der Waals surface area contributed by atoms with Crippen molar-refractivity contribution < 1.29 is 4.79 Å². The van der Waals surface area contributed by atoms with Gasteiger partial charge in [-0.2, -0.15) is 0 Å². The highest BCUT2D eigenvalue weighted by Crippen LogP contribution is 2.30. The van der Waals surface area contributed by atoms with Gasteiger partial charge in [-0.25, -0.2) is 9.97 Å². The zero-order valence-electron chi connectivity index (χ0n) is 21.1. The zero-order valence-corrected chi connectivity index (χ0v) is 22.0. The number of thiol groups is 1. The lowest BCUT2D eigenvalue weighted by Gasteiger charge is -2.26. The molecule has 0 radical (unpaired) electrons. The largest absolute Gasteiger partial charge is 0.372 e. The van der Waals surface area contributed by atoms with Crippen molar-refractivity contribution in [1.29, 1.82) is 0 Å². The molecule has 1 N–H and O–H groups in total. The number of rotatable bonds is 13. The maximum atomic E-state index is 12.9. The Bertz CT molecular complexity index is 1060. The molecule has 0 aliphatic heterocycles. The molecule has 0 aliphatic rings. The smallest absolute Gasteiger partial charge is 0.224 e. The van der Waals surface area contributed by atoms with Crippen LogP contribution in [-0.2, 0) is 11.3 Å². The summed E-state index contributed by atoms with van der Waals surface area (Å²) < 4.78 is 0. The third kappa shape index (κ3) is 7.99. The number of nitrogens with zero attached hydrogens (tertiary/aromatic N) is 4. The van der Waals surface area contributed by atoms with Gasteiger partial charge in [0.2, 0.25) is 5.91 Å². The topological polar surface area (TPSA) is 61.4 Å². The number of amides is 1. The number of para-hydroxylation sites is 1. The fourth-order valence-corrected chi connectivity index (χ4v) is 4.39. The fraction of sp³-hybridized carbons (Fsp3) is 0.393. The van der Waals surface area contributed by atoms with Gasteiger partial charge in [-0.3, -0.25) is 4.79 Å². The van der Waals surface area contributed by atoms with E-state index < -0.39 is 0 Å². The highest BCUT2D eigenvalue weighted by Gasteiger charge is 2.19. The average molecular weight is 492 g/mol. The lowest BCUT2D eigenvalue weighted by molar-refractivity contribution is -0.116. The van der Waals surface area contributed by atoms with Crippen molar-refractivity contribution in [3.05, 3.63) is 72.1 Å². The number of anilines is 3. The van der Waals surface area contributed by atoms with Gasteiger partial charge in [0.05, 0.1) is 0 Å². The second-order valence-corrected chi connectivity index (χ2v) is 9.04. The highest BCUT2D eigenvalue weighted by atomic mass is 32.1. The lowest BCUT2D eigenvalue weighted by atomic mass is 10.2. The summed E-state index contributed by atoms with van der Waals surface area (Å²) in [5.74, 6) is 1.30. The van der Waals surface area contributed by atoms with Gasteiger partial charge in [-0.15, -0.1) is 12.6 Å². The van der Waals surface area contributed by atoms with Crippen LogP contribution in [0.1, 0.15) is 50.9 Å². The van der Waals surface area contributed by atoms with Gasteiger partial charge in [0.25, 0.3) is 0 Å². The number of carbonyl (C=O) groups excluding carboxylic acids is 1. The first kappa shape index (κ1) is 26.5. The molecule has 35 heavy (non-hydrogen) atoms. The van der Waals surface area contributed by atoms with Crippen LogP contribution < -0.4 is 15.1 Å². The van der Waals surface area contributed by atoms with Crippen molar-refractivity contribution in [3.63, 3.8) is 0 Å². The summed E-state index contributed by atoms with van der Waals surface area (Å²) in [4.78, 5) is 26.5. The Morgan fingerprint density at radius 1 is 0.914 bits per heavy atom. The second kappa shape index (κ2) is 13.7. The molecule has 0 unspecified atom stereocenters. The molecule has 7 heteroatoms. The molecule has 3 rings (SSSR count). The quantitative estimate of drug-likeness (QED) is 0.171. The summed E-state index contributed by atoms with van der Waals surface area (Å²) in [5, 5.41) is 3.55. The molecule has 0 spiro atoms. The number of unbranched alkanes of at least 4 members (excludes halogenated alkanes) is 1. The minimum atomic E-state index is -0.0356. The van der Waals surface area contributed by atoms with Crippen LogP contribution in [0.15, 0.2) is 65.7 Å². The third-order valence-electron chi connectivity index (χ3n) is 5.84. The second-order valence-electron chi connectivity index (χ2n) is 8.62. The number of benzene rings is 2.